The van der Waals surface area contributed by atoms with Crippen molar-refractivity contribution in [3.05, 3.63) is 15.6 Å². The van der Waals surface area contributed by atoms with Crippen LogP contribution in [0.5, 0.6) is 0 Å². The van der Waals surface area contributed by atoms with E-state index in [2.05, 4.69) is 36.0 Å². The van der Waals surface area contributed by atoms with Gasteiger partial charge in [-0.05, 0) is 45.8 Å². The highest BCUT2D eigenvalue weighted by Gasteiger charge is 2.20. The molecule has 0 bridgehead atoms. The molecular weight excluding hydrogens is 230 g/mol. The molecule has 1 aromatic heterocycles. The van der Waals surface area contributed by atoms with Crippen molar-refractivity contribution in [2.45, 2.75) is 33.7 Å². The predicted octanol–water partition coefficient (Wildman–Crippen LogP) is 2.19. The van der Waals surface area contributed by atoms with Crippen molar-refractivity contribution >= 4 is 11.3 Å². The van der Waals surface area contributed by atoms with E-state index in [1.165, 1.54) is 41.6 Å². The molecule has 1 unspecified atom stereocenters. The van der Waals surface area contributed by atoms with Crippen molar-refractivity contribution < 1.29 is 0 Å². The largest absolute Gasteiger partial charge is 0.311 e. The maximum absolute atomic E-state index is 4.46. The molecule has 2 heterocycles. The number of hydrogen-bond acceptors (Lipinski definition) is 4. The van der Waals surface area contributed by atoms with Gasteiger partial charge in [0.25, 0.3) is 0 Å². The van der Waals surface area contributed by atoms with Gasteiger partial charge in [0.1, 0.15) is 0 Å². The molecule has 1 saturated heterocycles. The van der Waals surface area contributed by atoms with Crippen LogP contribution in [-0.4, -0.2) is 36.1 Å². The Kier molecular flexibility index (Phi) is 4.54. The molecule has 1 aromatic rings. The van der Waals surface area contributed by atoms with E-state index in [0.717, 1.165) is 19.0 Å². The van der Waals surface area contributed by atoms with Crippen LogP contribution < -0.4 is 5.32 Å². The molecule has 96 valence electrons. The molecule has 1 aliphatic rings. The first kappa shape index (κ1) is 13.0. The number of thiazole rings is 1. The van der Waals surface area contributed by atoms with Crippen LogP contribution in [0, 0.1) is 19.8 Å². The average Bonchev–Trinajstić information content (AvgIpc) is 2.86. The summed E-state index contributed by atoms with van der Waals surface area (Å²) < 4.78 is 0. The Morgan fingerprint density at radius 3 is 2.88 bits per heavy atom. The van der Waals surface area contributed by atoms with E-state index in [9.17, 15) is 0 Å². The number of nitrogens with one attached hydrogen (secondary N) is 1. The molecule has 2 rings (SSSR count). The molecule has 1 fully saturated rings. The molecule has 0 aliphatic carbocycles. The van der Waals surface area contributed by atoms with Crippen molar-refractivity contribution in [3.8, 4) is 0 Å². The second kappa shape index (κ2) is 5.94. The highest BCUT2D eigenvalue weighted by Crippen LogP contribution is 2.18. The normalized spacial score (nSPS) is 21.2. The fraction of sp³-hybridized carbons (Fsp3) is 0.769. The summed E-state index contributed by atoms with van der Waals surface area (Å²) in [5, 5.41) is 4.76. The van der Waals surface area contributed by atoms with Crippen LogP contribution >= 0.6 is 11.3 Å². The van der Waals surface area contributed by atoms with Crippen LogP contribution in [-0.2, 0) is 6.54 Å². The van der Waals surface area contributed by atoms with Crippen molar-refractivity contribution in [1.29, 1.82) is 0 Å². The molecule has 4 heteroatoms. The number of aromatic nitrogens is 1. The number of aryl methyl sites for hydroxylation is 2. The second-order valence-electron chi connectivity index (χ2n) is 4.92. The van der Waals surface area contributed by atoms with Gasteiger partial charge in [0.15, 0.2) is 0 Å². The van der Waals surface area contributed by atoms with E-state index in [1.807, 2.05) is 11.3 Å². The van der Waals surface area contributed by atoms with Gasteiger partial charge < -0.3 is 10.2 Å². The fourth-order valence-electron chi connectivity index (χ4n) is 2.49. The Hall–Kier alpha value is -0.450. The molecule has 1 atom stereocenters. The van der Waals surface area contributed by atoms with Gasteiger partial charge >= 0.3 is 0 Å². The summed E-state index contributed by atoms with van der Waals surface area (Å²) in [7, 11) is 0. The Balaban J connectivity index is 1.71. The molecule has 0 aromatic carbocycles. The quantitative estimate of drug-likeness (QED) is 0.872. The van der Waals surface area contributed by atoms with Gasteiger partial charge in [-0.2, -0.15) is 0 Å². The van der Waals surface area contributed by atoms with Crippen LogP contribution in [0.1, 0.15) is 28.9 Å². The first-order chi connectivity index (χ1) is 8.19. The van der Waals surface area contributed by atoms with Crippen LogP contribution in [0.3, 0.4) is 0 Å². The molecule has 0 radical (unpaired) electrons. The smallest absolute Gasteiger partial charge is 0.0900 e. The van der Waals surface area contributed by atoms with Crippen LogP contribution in [0.15, 0.2) is 0 Å². The maximum atomic E-state index is 4.46. The van der Waals surface area contributed by atoms with Gasteiger partial charge in [-0.3, -0.25) is 0 Å². The van der Waals surface area contributed by atoms with Gasteiger partial charge in [-0.25, -0.2) is 4.98 Å². The molecular formula is C13H23N3S. The van der Waals surface area contributed by atoms with Crippen LogP contribution in [0.2, 0.25) is 0 Å². The van der Waals surface area contributed by atoms with Crippen molar-refractivity contribution in [2.75, 3.05) is 26.2 Å². The van der Waals surface area contributed by atoms with Gasteiger partial charge in [-0.15, -0.1) is 11.3 Å². The molecule has 1 aliphatic heterocycles. The van der Waals surface area contributed by atoms with Crippen molar-refractivity contribution in [2.24, 2.45) is 5.92 Å². The summed E-state index contributed by atoms with van der Waals surface area (Å²) in [6.45, 7) is 12.3. The van der Waals surface area contributed by atoms with E-state index < -0.39 is 0 Å². The minimum atomic E-state index is 0.837. The molecule has 0 spiro atoms. The summed E-state index contributed by atoms with van der Waals surface area (Å²) in [6, 6.07) is 0. The van der Waals surface area contributed by atoms with E-state index >= 15 is 0 Å². The Morgan fingerprint density at radius 2 is 2.29 bits per heavy atom. The van der Waals surface area contributed by atoms with E-state index in [0.29, 0.717) is 0 Å². The Morgan fingerprint density at radius 1 is 1.47 bits per heavy atom. The Labute approximate surface area is 108 Å². The van der Waals surface area contributed by atoms with Gasteiger partial charge in [0, 0.05) is 18.0 Å². The maximum Gasteiger partial charge on any atom is 0.0900 e. The van der Waals surface area contributed by atoms with Crippen LogP contribution in [0.4, 0.5) is 0 Å². The highest BCUT2D eigenvalue weighted by molar-refractivity contribution is 7.11. The summed E-state index contributed by atoms with van der Waals surface area (Å²) in [5.74, 6) is 0.837. The van der Waals surface area contributed by atoms with Crippen molar-refractivity contribution in [1.82, 2.24) is 15.2 Å². The summed E-state index contributed by atoms with van der Waals surface area (Å²) in [6.07, 6.45) is 1.35. The monoisotopic (exact) mass is 253 g/mol. The minimum Gasteiger partial charge on any atom is -0.311 e. The zero-order chi connectivity index (χ0) is 12.3. The summed E-state index contributed by atoms with van der Waals surface area (Å²) in [5.41, 5.74) is 1.20. The SMILES string of the molecule is CCN1CCC(CNCc2sc(C)nc2C)C1. The zero-order valence-electron chi connectivity index (χ0n) is 11.1. The standard InChI is InChI=1S/C13H23N3S/c1-4-16-6-5-12(9-16)7-14-8-13-10(2)15-11(3)17-13/h12,14H,4-9H2,1-3H3. The number of hydrogen-bond donors (Lipinski definition) is 1. The van der Waals surface area contributed by atoms with Gasteiger partial charge in [0.05, 0.1) is 10.7 Å². The van der Waals surface area contributed by atoms with Crippen molar-refractivity contribution in [3.63, 3.8) is 0 Å². The highest BCUT2D eigenvalue weighted by atomic mass is 32.1. The molecule has 1 N–H and O–H groups in total. The lowest BCUT2D eigenvalue weighted by Crippen LogP contribution is -2.26. The second-order valence-corrected chi connectivity index (χ2v) is 6.21. The summed E-state index contributed by atoms with van der Waals surface area (Å²) >= 11 is 1.82. The minimum absolute atomic E-state index is 0.837. The Bertz CT molecular complexity index is 362. The third-order valence-corrected chi connectivity index (χ3v) is 4.61. The number of likely N-dealkylation sites (tertiary alicyclic amines) is 1. The summed E-state index contributed by atoms with van der Waals surface area (Å²) in [4.78, 5) is 8.39. The van der Waals surface area contributed by atoms with E-state index in [-0.39, 0.29) is 0 Å². The number of nitrogens with zero attached hydrogens (tertiary/aromatic N) is 2. The van der Waals surface area contributed by atoms with Crippen LogP contribution in [0.25, 0.3) is 0 Å². The van der Waals surface area contributed by atoms with E-state index in [4.69, 9.17) is 0 Å². The van der Waals surface area contributed by atoms with E-state index in [1.54, 1.807) is 0 Å². The zero-order valence-corrected chi connectivity index (χ0v) is 11.9. The molecule has 0 amide bonds. The third-order valence-electron chi connectivity index (χ3n) is 3.54. The first-order valence-corrected chi connectivity index (χ1v) is 7.36. The third kappa shape index (κ3) is 3.50. The fourth-order valence-corrected chi connectivity index (χ4v) is 3.40. The lowest BCUT2D eigenvalue weighted by molar-refractivity contribution is 0.339. The number of rotatable bonds is 5. The lowest BCUT2D eigenvalue weighted by Gasteiger charge is -2.13. The topological polar surface area (TPSA) is 28.2 Å². The molecule has 0 saturated carbocycles. The lowest BCUT2D eigenvalue weighted by atomic mass is 10.1. The average molecular weight is 253 g/mol. The first-order valence-electron chi connectivity index (χ1n) is 6.55. The van der Waals surface area contributed by atoms with Gasteiger partial charge in [-0.1, -0.05) is 6.92 Å². The molecule has 17 heavy (non-hydrogen) atoms. The van der Waals surface area contributed by atoms with Gasteiger partial charge in [0.2, 0.25) is 0 Å². The predicted molar refractivity (Wildman–Crippen MR) is 73.5 cm³/mol. The molecule has 3 nitrogen and oxygen atoms in total.